The van der Waals surface area contributed by atoms with Gasteiger partial charge in [-0.2, -0.15) is 0 Å². The van der Waals surface area contributed by atoms with Gasteiger partial charge in [0.25, 0.3) is 10.0 Å². The number of ether oxygens (including phenoxy) is 1. The van der Waals surface area contributed by atoms with E-state index in [9.17, 15) is 13.2 Å². The number of hydrazine groups is 1. The summed E-state index contributed by atoms with van der Waals surface area (Å²) >= 11 is 0. The maximum atomic E-state index is 11.9. The van der Waals surface area contributed by atoms with E-state index in [1.54, 1.807) is 6.07 Å². The van der Waals surface area contributed by atoms with Crippen molar-refractivity contribution in [1.82, 2.24) is 9.71 Å². The number of hydrogen-bond donors (Lipinski definition) is 4. The first kappa shape index (κ1) is 15.3. The number of nitrogen functional groups attached to an aromatic ring is 1. The Bertz CT molecular complexity index is 533. The Kier molecular flexibility index (Phi) is 5.63. The van der Waals surface area contributed by atoms with Gasteiger partial charge < -0.3 is 15.9 Å². The molecule has 0 aromatic carbocycles. The van der Waals surface area contributed by atoms with E-state index in [0.29, 0.717) is 0 Å². The molecular weight excluding hydrogens is 274 g/mol. The third-order valence-corrected chi connectivity index (χ3v) is 3.38. The lowest BCUT2D eigenvalue weighted by Gasteiger charge is -2.09. The van der Waals surface area contributed by atoms with Crippen LogP contribution in [0.2, 0.25) is 0 Å². The summed E-state index contributed by atoms with van der Waals surface area (Å²) in [6, 6.07) is 3.02. The molecule has 106 valence electrons. The molecule has 1 rings (SSSR count). The SMILES string of the molecule is NNc1cccnc1S(=O)(=O)NCCOCC(N)=O. The molecule has 0 saturated carbocycles. The Morgan fingerprint density at radius 2 is 2.21 bits per heavy atom. The van der Waals surface area contributed by atoms with Gasteiger partial charge in [-0.3, -0.25) is 10.6 Å². The van der Waals surface area contributed by atoms with Crippen molar-refractivity contribution >= 4 is 21.6 Å². The van der Waals surface area contributed by atoms with Crippen molar-refractivity contribution in [2.24, 2.45) is 11.6 Å². The van der Waals surface area contributed by atoms with Crippen LogP contribution in [0.15, 0.2) is 23.4 Å². The van der Waals surface area contributed by atoms with Crippen molar-refractivity contribution in [1.29, 1.82) is 0 Å². The number of nitrogens with zero attached hydrogens (tertiary/aromatic N) is 1. The zero-order chi connectivity index (χ0) is 14.3. The van der Waals surface area contributed by atoms with E-state index in [4.69, 9.17) is 16.3 Å². The average Bonchev–Trinajstić information content (AvgIpc) is 2.37. The molecule has 19 heavy (non-hydrogen) atoms. The summed E-state index contributed by atoms with van der Waals surface area (Å²) in [5.74, 6) is 4.58. The molecule has 1 aromatic rings. The Balaban J connectivity index is 2.59. The first-order chi connectivity index (χ1) is 8.97. The molecule has 0 atom stereocenters. The molecule has 0 aliphatic heterocycles. The molecule has 0 aliphatic carbocycles. The highest BCUT2D eigenvalue weighted by Crippen LogP contribution is 2.15. The number of sulfonamides is 1. The summed E-state index contributed by atoms with van der Waals surface area (Å²) in [5.41, 5.74) is 7.27. The molecule has 0 radical (unpaired) electrons. The highest BCUT2D eigenvalue weighted by atomic mass is 32.2. The third-order valence-electron chi connectivity index (χ3n) is 1.96. The molecule has 1 amide bonds. The van der Waals surface area contributed by atoms with Gasteiger partial charge in [0.1, 0.15) is 6.61 Å². The molecule has 0 bridgehead atoms. The fourth-order valence-electron chi connectivity index (χ4n) is 1.20. The summed E-state index contributed by atoms with van der Waals surface area (Å²) in [6.07, 6.45) is 1.33. The number of carbonyl (C=O) groups is 1. The standard InChI is InChI=1S/C9H15N5O4S/c10-8(15)6-18-5-4-13-19(16,17)9-7(14-11)2-1-3-12-9/h1-3,13-14H,4-6,11H2,(H2,10,15). The Morgan fingerprint density at radius 1 is 1.47 bits per heavy atom. The summed E-state index contributed by atoms with van der Waals surface area (Å²) in [7, 11) is -3.80. The second-order valence-corrected chi connectivity index (χ2v) is 5.10. The number of hydrogen-bond acceptors (Lipinski definition) is 7. The lowest BCUT2D eigenvalue weighted by Crippen LogP contribution is -2.30. The largest absolute Gasteiger partial charge is 0.370 e. The molecule has 0 fully saturated rings. The summed E-state index contributed by atoms with van der Waals surface area (Å²) in [4.78, 5) is 14.1. The number of rotatable bonds is 8. The van der Waals surface area contributed by atoms with Crippen LogP contribution in [0.1, 0.15) is 0 Å². The van der Waals surface area contributed by atoms with Crippen LogP contribution in [0.5, 0.6) is 0 Å². The molecule has 6 N–H and O–H groups in total. The van der Waals surface area contributed by atoms with E-state index in [1.165, 1.54) is 12.3 Å². The van der Waals surface area contributed by atoms with Gasteiger partial charge in [0.15, 0.2) is 5.03 Å². The van der Waals surface area contributed by atoms with Crippen molar-refractivity contribution < 1.29 is 17.9 Å². The zero-order valence-corrected chi connectivity index (χ0v) is 10.8. The average molecular weight is 289 g/mol. The van der Waals surface area contributed by atoms with Gasteiger partial charge in [0.2, 0.25) is 5.91 Å². The number of anilines is 1. The second kappa shape index (κ2) is 6.99. The van der Waals surface area contributed by atoms with Crippen LogP contribution in [0.25, 0.3) is 0 Å². The van der Waals surface area contributed by atoms with Gasteiger partial charge in [-0.25, -0.2) is 18.1 Å². The minimum Gasteiger partial charge on any atom is -0.370 e. The topological polar surface area (TPSA) is 149 Å². The highest BCUT2D eigenvalue weighted by Gasteiger charge is 2.19. The van der Waals surface area contributed by atoms with Crippen LogP contribution in [-0.2, 0) is 19.6 Å². The van der Waals surface area contributed by atoms with E-state index in [0.717, 1.165) is 0 Å². The number of carbonyl (C=O) groups excluding carboxylic acids is 1. The number of primary amides is 1. The first-order valence-electron chi connectivity index (χ1n) is 5.24. The molecule has 1 aromatic heterocycles. The van der Waals surface area contributed by atoms with Gasteiger partial charge >= 0.3 is 0 Å². The van der Waals surface area contributed by atoms with Crippen LogP contribution >= 0.6 is 0 Å². The lowest BCUT2D eigenvalue weighted by atomic mass is 10.4. The van der Waals surface area contributed by atoms with Gasteiger partial charge in [0.05, 0.1) is 12.3 Å². The van der Waals surface area contributed by atoms with Crippen LogP contribution in [0, 0.1) is 0 Å². The van der Waals surface area contributed by atoms with Gasteiger partial charge in [-0.1, -0.05) is 0 Å². The maximum absolute atomic E-state index is 11.9. The molecule has 0 aliphatic rings. The summed E-state index contributed by atoms with van der Waals surface area (Å²) in [5, 5.41) is -0.215. The highest BCUT2D eigenvalue weighted by molar-refractivity contribution is 7.89. The fraction of sp³-hybridized carbons (Fsp3) is 0.333. The monoisotopic (exact) mass is 289 g/mol. The van der Waals surface area contributed by atoms with Crippen LogP contribution in [-0.4, -0.2) is 39.1 Å². The molecule has 0 saturated heterocycles. The molecule has 1 heterocycles. The normalized spacial score (nSPS) is 11.2. The van der Waals surface area contributed by atoms with Crippen LogP contribution < -0.4 is 21.7 Å². The van der Waals surface area contributed by atoms with Crippen LogP contribution in [0.3, 0.4) is 0 Å². The fourth-order valence-corrected chi connectivity index (χ4v) is 2.31. The maximum Gasteiger partial charge on any atom is 0.260 e. The van der Waals surface area contributed by atoms with Gasteiger partial charge in [0, 0.05) is 12.7 Å². The minimum absolute atomic E-state index is 0.0143. The second-order valence-electron chi connectivity index (χ2n) is 3.42. The van der Waals surface area contributed by atoms with Crippen molar-refractivity contribution in [2.75, 3.05) is 25.2 Å². The molecule has 9 nitrogen and oxygen atoms in total. The third kappa shape index (κ3) is 4.79. The smallest absolute Gasteiger partial charge is 0.260 e. The molecule has 0 unspecified atom stereocenters. The van der Waals surface area contributed by atoms with E-state index >= 15 is 0 Å². The number of amides is 1. The number of pyridine rings is 1. The van der Waals surface area contributed by atoms with E-state index in [2.05, 4.69) is 15.1 Å². The predicted molar refractivity (Wildman–Crippen MR) is 67.2 cm³/mol. The quantitative estimate of drug-likeness (QED) is 0.249. The minimum atomic E-state index is -3.80. The summed E-state index contributed by atoms with van der Waals surface area (Å²) in [6.45, 7) is -0.266. The Labute approximate surface area is 110 Å². The van der Waals surface area contributed by atoms with Crippen molar-refractivity contribution in [3.05, 3.63) is 18.3 Å². The molecule has 0 spiro atoms. The van der Waals surface area contributed by atoms with Crippen LogP contribution in [0.4, 0.5) is 5.69 Å². The van der Waals surface area contributed by atoms with E-state index < -0.39 is 15.9 Å². The van der Waals surface area contributed by atoms with Crippen molar-refractivity contribution in [3.8, 4) is 0 Å². The summed E-state index contributed by atoms with van der Waals surface area (Å²) < 4.78 is 30.9. The van der Waals surface area contributed by atoms with Crippen molar-refractivity contribution in [3.63, 3.8) is 0 Å². The first-order valence-corrected chi connectivity index (χ1v) is 6.73. The van der Waals surface area contributed by atoms with E-state index in [-0.39, 0.29) is 30.5 Å². The number of nitrogens with one attached hydrogen (secondary N) is 2. The van der Waals surface area contributed by atoms with Gasteiger partial charge in [-0.15, -0.1) is 0 Å². The molecular formula is C9H15N5O4S. The number of aromatic nitrogens is 1. The Morgan fingerprint density at radius 3 is 2.84 bits per heavy atom. The van der Waals surface area contributed by atoms with E-state index in [1.807, 2.05) is 0 Å². The number of nitrogens with two attached hydrogens (primary N) is 2. The lowest BCUT2D eigenvalue weighted by molar-refractivity contribution is -0.122. The van der Waals surface area contributed by atoms with Crippen molar-refractivity contribution in [2.45, 2.75) is 5.03 Å². The predicted octanol–water partition coefficient (Wildman–Crippen LogP) is -1.85. The molecule has 10 heteroatoms. The van der Waals surface area contributed by atoms with Gasteiger partial charge in [-0.05, 0) is 12.1 Å². The zero-order valence-electron chi connectivity index (χ0n) is 10.00. The Hall–Kier alpha value is -1.75.